The van der Waals surface area contributed by atoms with Crippen LogP contribution in [0.2, 0.25) is 0 Å². The number of anilines is 1. The van der Waals surface area contributed by atoms with Gasteiger partial charge in [-0.05, 0) is 24.7 Å². The van der Waals surface area contributed by atoms with Crippen LogP contribution in [-0.2, 0) is 0 Å². The van der Waals surface area contributed by atoms with Crippen molar-refractivity contribution in [2.75, 3.05) is 19.4 Å². The maximum atomic E-state index is 8.97. The number of rotatable bonds is 3. The van der Waals surface area contributed by atoms with Gasteiger partial charge in [0, 0.05) is 5.69 Å². The molecule has 0 aliphatic carbocycles. The first-order valence-corrected chi connectivity index (χ1v) is 3.91. The summed E-state index contributed by atoms with van der Waals surface area (Å²) in [5.74, 6) is 0. The summed E-state index contributed by atoms with van der Waals surface area (Å²) in [5, 5.41) is 12.0. The fraction of sp³-hybridized carbons (Fsp3) is 0.333. The van der Waals surface area contributed by atoms with E-state index in [0.717, 1.165) is 11.3 Å². The van der Waals surface area contributed by atoms with E-state index in [1.165, 1.54) is 0 Å². The topological polar surface area (TPSA) is 58.3 Å². The highest BCUT2D eigenvalue weighted by molar-refractivity contribution is 5.41. The molecule has 1 aromatic rings. The maximum absolute atomic E-state index is 8.97. The molecule has 0 amide bonds. The third-order valence-electron chi connectivity index (χ3n) is 1.84. The molecule has 0 unspecified atom stereocenters. The number of aliphatic hydroxyl groups is 1. The Morgan fingerprint density at radius 1 is 1.58 bits per heavy atom. The van der Waals surface area contributed by atoms with Crippen molar-refractivity contribution >= 4 is 5.69 Å². The molecule has 0 radical (unpaired) electrons. The Bertz CT molecular complexity index is 246. The zero-order valence-electron chi connectivity index (χ0n) is 7.12. The molecule has 0 aliphatic heterocycles. The van der Waals surface area contributed by atoms with Crippen LogP contribution in [0.25, 0.3) is 0 Å². The van der Waals surface area contributed by atoms with Crippen molar-refractivity contribution in [2.24, 2.45) is 0 Å². The quantitative estimate of drug-likeness (QED) is 0.574. The molecule has 1 atom stereocenters. The van der Waals surface area contributed by atoms with Crippen molar-refractivity contribution in [2.45, 2.75) is 6.04 Å². The van der Waals surface area contributed by atoms with Crippen LogP contribution < -0.4 is 11.1 Å². The average Bonchev–Trinajstić information content (AvgIpc) is 2.07. The molecule has 4 N–H and O–H groups in total. The molecule has 0 fully saturated rings. The van der Waals surface area contributed by atoms with Gasteiger partial charge in [0.1, 0.15) is 0 Å². The standard InChI is InChI=1S/C9H14N2O/c1-11-9(6-12)7-3-2-4-8(10)5-7/h2-5,9,11-12H,6,10H2,1H3/t9-/m0/s1. The van der Waals surface area contributed by atoms with E-state index in [1.54, 1.807) is 0 Å². The fourth-order valence-corrected chi connectivity index (χ4v) is 1.14. The van der Waals surface area contributed by atoms with Crippen molar-refractivity contribution in [3.05, 3.63) is 29.8 Å². The van der Waals surface area contributed by atoms with Gasteiger partial charge in [0.2, 0.25) is 0 Å². The Morgan fingerprint density at radius 3 is 2.83 bits per heavy atom. The van der Waals surface area contributed by atoms with Crippen LogP contribution in [0.1, 0.15) is 11.6 Å². The molecular formula is C9H14N2O. The Morgan fingerprint density at radius 2 is 2.33 bits per heavy atom. The fourth-order valence-electron chi connectivity index (χ4n) is 1.14. The van der Waals surface area contributed by atoms with Crippen LogP contribution in [0.15, 0.2) is 24.3 Å². The smallest absolute Gasteiger partial charge is 0.0626 e. The zero-order chi connectivity index (χ0) is 8.97. The molecule has 1 rings (SSSR count). The normalized spacial score (nSPS) is 12.8. The third kappa shape index (κ3) is 1.96. The first kappa shape index (κ1) is 9.03. The number of benzene rings is 1. The molecule has 0 heterocycles. The van der Waals surface area contributed by atoms with Gasteiger partial charge in [0.05, 0.1) is 12.6 Å². The number of nitrogens with two attached hydrogens (primary N) is 1. The second-order valence-electron chi connectivity index (χ2n) is 2.69. The molecule has 12 heavy (non-hydrogen) atoms. The van der Waals surface area contributed by atoms with Crippen LogP contribution in [0.4, 0.5) is 5.69 Å². The molecule has 0 aromatic heterocycles. The van der Waals surface area contributed by atoms with E-state index in [0.29, 0.717) is 0 Å². The van der Waals surface area contributed by atoms with Crippen molar-refractivity contribution in [1.82, 2.24) is 5.32 Å². The summed E-state index contributed by atoms with van der Waals surface area (Å²) >= 11 is 0. The molecule has 0 aliphatic rings. The molecule has 3 nitrogen and oxygen atoms in total. The molecule has 66 valence electrons. The number of likely N-dealkylation sites (N-methyl/N-ethyl adjacent to an activating group) is 1. The van der Waals surface area contributed by atoms with Gasteiger partial charge in [0.25, 0.3) is 0 Å². The third-order valence-corrected chi connectivity index (χ3v) is 1.84. The maximum Gasteiger partial charge on any atom is 0.0626 e. The molecule has 0 bridgehead atoms. The minimum absolute atomic E-state index is 0.0199. The summed E-state index contributed by atoms with van der Waals surface area (Å²) in [7, 11) is 1.81. The summed E-state index contributed by atoms with van der Waals surface area (Å²) < 4.78 is 0. The van der Waals surface area contributed by atoms with Gasteiger partial charge < -0.3 is 16.2 Å². The number of aliphatic hydroxyl groups excluding tert-OH is 1. The van der Waals surface area contributed by atoms with Crippen LogP contribution in [0.5, 0.6) is 0 Å². The van der Waals surface area contributed by atoms with E-state index in [-0.39, 0.29) is 12.6 Å². The summed E-state index contributed by atoms with van der Waals surface area (Å²) in [5.41, 5.74) is 7.33. The summed E-state index contributed by atoms with van der Waals surface area (Å²) in [6.45, 7) is 0.0833. The van der Waals surface area contributed by atoms with Gasteiger partial charge in [-0.25, -0.2) is 0 Å². The molecule has 0 saturated heterocycles. The van der Waals surface area contributed by atoms with E-state index < -0.39 is 0 Å². The van der Waals surface area contributed by atoms with E-state index in [1.807, 2.05) is 31.3 Å². The van der Waals surface area contributed by atoms with Gasteiger partial charge in [0.15, 0.2) is 0 Å². The zero-order valence-corrected chi connectivity index (χ0v) is 7.12. The van der Waals surface area contributed by atoms with Gasteiger partial charge in [-0.1, -0.05) is 12.1 Å². The predicted octanol–water partition coefficient (Wildman–Crippen LogP) is 0.522. The van der Waals surface area contributed by atoms with E-state index in [2.05, 4.69) is 5.32 Å². The minimum atomic E-state index is -0.0199. The first-order chi connectivity index (χ1) is 5.77. The lowest BCUT2D eigenvalue weighted by Gasteiger charge is -2.13. The highest BCUT2D eigenvalue weighted by Gasteiger charge is 2.06. The Hall–Kier alpha value is -1.06. The van der Waals surface area contributed by atoms with E-state index >= 15 is 0 Å². The lowest BCUT2D eigenvalue weighted by atomic mass is 10.1. The largest absolute Gasteiger partial charge is 0.399 e. The number of nitrogens with one attached hydrogen (secondary N) is 1. The number of nitrogen functional groups attached to an aromatic ring is 1. The average molecular weight is 166 g/mol. The molecule has 1 aromatic carbocycles. The second-order valence-corrected chi connectivity index (χ2v) is 2.69. The lowest BCUT2D eigenvalue weighted by Crippen LogP contribution is -2.19. The molecular weight excluding hydrogens is 152 g/mol. The van der Waals surface area contributed by atoms with E-state index in [4.69, 9.17) is 10.8 Å². The van der Waals surface area contributed by atoms with Gasteiger partial charge >= 0.3 is 0 Å². The highest BCUT2D eigenvalue weighted by atomic mass is 16.3. The van der Waals surface area contributed by atoms with Gasteiger partial charge in [-0.2, -0.15) is 0 Å². The van der Waals surface area contributed by atoms with Crippen LogP contribution in [0, 0.1) is 0 Å². The first-order valence-electron chi connectivity index (χ1n) is 3.91. The number of hydrogen-bond donors (Lipinski definition) is 3. The van der Waals surface area contributed by atoms with Crippen molar-refractivity contribution in [3.63, 3.8) is 0 Å². The molecule has 0 saturated carbocycles. The molecule has 0 spiro atoms. The van der Waals surface area contributed by atoms with Crippen LogP contribution in [-0.4, -0.2) is 18.8 Å². The SMILES string of the molecule is CN[C@@H](CO)c1cccc(N)c1. The predicted molar refractivity (Wildman–Crippen MR) is 49.7 cm³/mol. The Balaban J connectivity index is 2.85. The van der Waals surface area contributed by atoms with Gasteiger partial charge in [-0.15, -0.1) is 0 Å². The second kappa shape index (κ2) is 4.09. The lowest BCUT2D eigenvalue weighted by molar-refractivity contribution is 0.251. The Kier molecular flexibility index (Phi) is 3.08. The summed E-state index contributed by atoms with van der Waals surface area (Å²) in [6.07, 6.45) is 0. The molecule has 3 heteroatoms. The highest BCUT2D eigenvalue weighted by Crippen LogP contribution is 2.14. The van der Waals surface area contributed by atoms with Crippen LogP contribution >= 0.6 is 0 Å². The van der Waals surface area contributed by atoms with Crippen LogP contribution in [0.3, 0.4) is 0 Å². The Labute approximate surface area is 72.2 Å². The van der Waals surface area contributed by atoms with Crippen molar-refractivity contribution in [1.29, 1.82) is 0 Å². The minimum Gasteiger partial charge on any atom is -0.399 e. The monoisotopic (exact) mass is 166 g/mol. The number of hydrogen-bond acceptors (Lipinski definition) is 3. The van der Waals surface area contributed by atoms with E-state index in [9.17, 15) is 0 Å². The van der Waals surface area contributed by atoms with Crippen molar-refractivity contribution in [3.8, 4) is 0 Å². The van der Waals surface area contributed by atoms with Gasteiger partial charge in [-0.3, -0.25) is 0 Å². The summed E-state index contributed by atoms with van der Waals surface area (Å²) in [4.78, 5) is 0. The summed E-state index contributed by atoms with van der Waals surface area (Å²) in [6, 6.07) is 7.48. The van der Waals surface area contributed by atoms with Crippen molar-refractivity contribution < 1.29 is 5.11 Å².